The zero-order chi connectivity index (χ0) is 11.5. The molecule has 2 nitrogen and oxygen atoms in total. The Balaban J connectivity index is 2.36. The minimum atomic E-state index is -0.157. The van der Waals surface area contributed by atoms with Crippen molar-refractivity contribution < 1.29 is 5.11 Å². The molecule has 1 rings (SSSR count). The Morgan fingerprint density at radius 2 is 1.73 bits per heavy atom. The molecule has 0 aromatic heterocycles. The fourth-order valence-corrected chi connectivity index (χ4v) is 2.78. The average Bonchev–Trinajstić information content (AvgIpc) is 2.17. The summed E-state index contributed by atoms with van der Waals surface area (Å²) in [5, 5.41) is 9.88. The van der Waals surface area contributed by atoms with Crippen LogP contribution in [0.2, 0.25) is 0 Å². The molecule has 1 aliphatic carbocycles. The first-order chi connectivity index (χ1) is 6.95. The Labute approximate surface area is 94.2 Å². The predicted octanol–water partition coefficient (Wildman–Crippen LogP) is 2.55. The molecule has 3 N–H and O–H groups in total. The number of rotatable bonds is 3. The first kappa shape index (κ1) is 13.0. The van der Waals surface area contributed by atoms with Crippen LogP contribution in [0.5, 0.6) is 0 Å². The van der Waals surface area contributed by atoms with E-state index in [0.29, 0.717) is 17.9 Å². The van der Waals surface area contributed by atoms with Gasteiger partial charge in [0, 0.05) is 0 Å². The van der Waals surface area contributed by atoms with E-state index in [2.05, 4.69) is 20.8 Å². The molecule has 1 fully saturated rings. The third-order valence-electron chi connectivity index (χ3n) is 4.00. The van der Waals surface area contributed by atoms with Crippen LogP contribution in [0, 0.1) is 17.3 Å². The summed E-state index contributed by atoms with van der Waals surface area (Å²) in [6.45, 7) is 7.59. The summed E-state index contributed by atoms with van der Waals surface area (Å²) in [4.78, 5) is 0. The first-order valence-corrected chi connectivity index (χ1v) is 6.33. The standard InChI is InChI=1S/C13H27NO/c1-13(2,3)11-6-4-10(5-7-11)12(15)8-9-14/h10-12,15H,4-9,14H2,1-3H3. The number of aliphatic hydroxyl groups excluding tert-OH is 1. The van der Waals surface area contributed by atoms with Gasteiger partial charge in [-0.05, 0) is 55.9 Å². The highest BCUT2D eigenvalue weighted by molar-refractivity contribution is 4.83. The second-order valence-corrected chi connectivity index (χ2v) is 6.12. The van der Waals surface area contributed by atoms with Crippen LogP contribution in [-0.4, -0.2) is 17.8 Å². The van der Waals surface area contributed by atoms with E-state index < -0.39 is 0 Å². The van der Waals surface area contributed by atoms with E-state index >= 15 is 0 Å². The van der Waals surface area contributed by atoms with Crippen LogP contribution in [0.25, 0.3) is 0 Å². The number of hydrogen-bond acceptors (Lipinski definition) is 2. The maximum absolute atomic E-state index is 9.88. The Hall–Kier alpha value is -0.0800. The van der Waals surface area contributed by atoms with Crippen LogP contribution in [0.4, 0.5) is 0 Å². The molecule has 1 aliphatic rings. The van der Waals surface area contributed by atoms with E-state index in [1.807, 2.05) is 0 Å². The number of aliphatic hydroxyl groups is 1. The Bertz CT molecular complexity index is 177. The van der Waals surface area contributed by atoms with E-state index in [0.717, 1.165) is 12.3 Å². The molecule has 1 saturated carbocycles. The average molecular weight is 213 g/mol. The van der Waals surface area contributed by atoms with Gasteiger partial charge in [0.25, 0.3) is 0 Å². The summed E-state index contributed by atoms with van der Waals surface area (Å²) in [7, 11) is 0. The maximum atomic E-state index is 9.88. The van der Waals surface area contributed by atoms with E-state index in [4.69, 9.17) is 5.73 Å². The van der Waals surface area contributed by atoms with Crippen molar-refractivity contribution in [3.05, 3.63) is 0 Å². The summed E-state index contributed by atoms with van der Waals surface area (Å²) in [6.07, 6.45) is 5.53. The van der Waals surface area contributed by atoms with Gasteiger partial charge < -0.3 is 10.8 Å². The van der Waals surface area contributed by atoms with Gasteiger partial charge in [0.15, 0.2) is 0 Å². The molecule has 0 amide bonds. The van der Waals surface area contributed by atoms with E-state index in [1.54, 1.807) is 0 Å². The minimum absolute atomic E-state index is 0.157. The third kappa shape index (κ3) is 3.76. The van der Waals surface area contributed by atoms with Gasteiger partial charge in [-0.1, -0.05) is 20.8 Å². The van der Waals surface area contributed by atoms with Gasteiger partial charge in [0.2, 0.25) is 0 Å². The second kappa shape index (κ2) is 5.31. The summed E-state index contributed by atoms with van der Waals surface area (Å²) in [6, 6.07) is 0. The lowest BCUT2D eigenvalue weighted by Gasteiger charge is -2.38. The Morgan fingerprint density at radius 1 is 1.20 bits per heavy atom. The van der Waals surface area contributed by atoms with Crippen molar-refractivity contribution in [2.45, 2.75) is 59.0 Å². The van der Waals surface area contributed by atoms with Crippen LogP contribution in [0.15, 0.2) is 0 Å². The van der Waals surface area contributed by atoms with Gasteiger partial charge in [-0.2, -0.15) is 0 Å². The highest BCUT2D eigenvalue weighted by atomic mass is 16.3. The lowest BCUT2D eigenvalue weighted by atomic mass is 9.68. The fraction of sp³-hybridized carbons (Fsp3) is 1.00. The quantitative estimate of drug-likeness (QED) is 0.757. The molecule has 0 radical (unpaired) electrons. The van der Waals surface area contributed by atoms with Gasteiger partial charge in [0.05, 0.1) is 6.10 Å². The summed E-state index contributed by atoms with van der Waals surface area (Å²) < 4.78 is 0. The van der Waals surface area contributed by atoms with Crippen LogP contribution in [0.1, 0.15) is 52.9 Å². The zero-order valence-corrected chi connectivity index (χ0v) is 10.5. The molecule has 1 unspecified atom stereocenters. The highest BCUT2D eigenvalue weighted by Crippen LogP contribution is 2.40. The second-order valence-electron chi connectivity index (χ2n) is 6.12. The van der Waals surface area contributed by atoms with Gasteiger partial charge in [0.1, 0.15) is 0 Å². The van der Waals surface area contributed by atoms with Crippen molar-refractivity contribution in [3.8, 4) is 0 Å². The van der Waals surface area contributed by atoms with E-state index in [9.17, 15) is 5.11 Å². The third-order valence-corrected chi connectivity index (χ3v) is 4.00. The van der Waals surface area contributed by atoms with E-state index in [-0.39, 0.29) is 6.10 Å². The van der Waals surface area contributed by atoms with Crippen molar-refractivity contribution in [1.82, 2.24) is 0 Å². The molecule has 0 aromatic rings. The zero-order valence-electron chi connectivity index (χ0n) is 10.5. The van der Waals surface area contributed by atoms with Gasteiger partial charge in [-0.25, -0.2) is 0 Å². The lowest BCUT2D eigenvalue weighted by Crippen LogP contribution is -2.31. The molecular weight excluding hydrogens is 186 g/mol. The largest absolute Gasteiger partial charge is 0.393 e. The number of hydrogen-bond donors (Lipinski definition) is 2. The molecule has 0 spiro atoms. The molecule has 0 bridgehead atoms. The highest BCUT2D eigenvalue weighted by Gasteiger charge is 2.31. The van der Waals surface area contributed by atoms with Crippen LogP contribution < -0.4 is 5.73 Å². The topological polar surface area (TPSA) is 46.2 Å². The fourth-order valence-electron chi connectivity index (χ4n) is 2.78. The predicted molar refractivity (Wildman–Crippen MR) is 64.6 cm³/mol. The molecule has 2 heteroatoms. The van der Waals surface area contributed by atoms with Gasteiger partial charge in [-0.3, -0.25) is 0 Å². The summed E-state index contributed by atoms with van der Waals surface area (Å²) in [5.41, 5.74) is 5.91. The van der Waals surface area contributed by atoms with Crippen LogP contribution >= 0.6 is 0 Å². The first-order valence-electron chi connectivity index (χ1n) is 6.33. The van der Waals surface area contributed by atoms with Gasteiger partial charge in [-0.15, -0.1) is 0 Å². The van der Waals surface area contributed by atoms with Crippen molar-refractivity contribution in [1.29, 1.82) is 0 Å². The minimum Gasteiger partial charge on any atom is -0.393 e. The maximum Gasteiger partial charge on any atom is 0.0580 e. The molecule has 90 valence electrons. The van der Waals surface area contributed by atoms with Gasteiger partial charge >= 0.3 is 0 Å². The Kier molecular flexibility index (Phi) is 4.60. The molecule has 0 aliphatic heterocycles. The summed E-state index contributed by atoms with van der Waals surface area (Å²) in [5.74, 6) is 1.34. The van der Waals surface area contributed by atoms with Crippen LogP contribution in [0.3, 0.4) is 0 Å². The van der Waals surface area contributed by atoms with E-state index in [1.165, 1.54) is 25.7 Å². The molecule has 15 heavy (non-hydrogen) atoms. The molecule has 1 atom stereocenters. The van der Waals surface area contributed by atoms with Crippen LogP contribution in [-0.2, 0) is 0 Å². The summed E-state index contributed by atoms with van der Waals surface area (Å²) >= 11 is 0. The number of nitrogens with two attached hydrogens (primary N) is 1. The van der Waals surface area contributed by atoms with Crippen molar-refractivity contribution in [2.24, 2.45) is 23.0 Å². The molecule has 0 heterocycles. The van der Waals surface area contributed by atoms with Crippen molar-refractivity contribution in [3.63, 3.8) is 0 Å². The Morgan fingerprint density at radius 3 is 2.13 bits per heavy atom. The SMILES string of the molecule is CC(C)(C)C1CCC(C(O)CCN)CC1. The normalized spacial score (nSPS) is 30.2. The van der Waals surface area contributed by atoms with Crippen molar-refractivity contribution >= 4 is 0 Å². The van der Waals surface area contributed by atoms with Crippen molar-refractivity contribution in [2.75, 3.05) is 6.54 Å². The monoisotopic (exact) mass is 213 g/mol. The molecule has 0 saturated heterocycles. The molecule has 0 aromatic carbocycles. The lowest BCUT2D eigenvalue weighted by molar-refractivity contribution is 0.0497. The smallest absolute Gasteiger partial charge is 0.0580 e. The molecular formula is C13H27NO.